The van der Waals surface area contributed by atoms with Crippen LogP contribution in [0.3, 0.4) is 0 Å². The summed E-state index contributed by atoms with van der Waals surface area (Å²) in [6, 6.07) is 4.76. The first-order valence-electron chi connectivity index (χ1n) is 5.29. The molecule has 6 nitrogen and oxygen atoms in total. The number of nitrogens with zero attached hydrogens (tertiary/aromatic N) is 2. The van der Waals surface area contributed by atoms with Gasteiger partial charge < -0.3 is 10.8 Å². The number of benzene rings is 1. The van der Waals surface area contributed by atoms with E-state index in [2.05, 4.69) is 0 Å². The maximum Gasteiger partial charge on any atom is 0.292 e. The van der Waals surface area contributed by atoms with Crippen LogP contribution in [0.25, 0.3) is 0 Å². The monoisotopic (exact) mass is 239 g/mol. The summed E-state index contributed by atoms with van der Waals surface area (Å²) in [4.78, 5) is 12.1. The molecule has 94 valence electrons. The molecule has 0 aliphatic rings. The quantitative estimate of drug-likeness (QED) is 0.454. The van der Waals surface area contributed by atoms with Gasteiger partial charge in [-0.05, 0) is 25.6 Å². The zero-order valence-corrected chi connectivity index (χ0v) is 9.96. The number of rotatable bonds is 5. The topological polar surface area (TPSA) is 92.6 Å². The largest absolute Gasteiger partial charge is 0.395 e. The third kappa shape index (κ3) is 3.40. The van der Waals surface area contributed by atoms with Crippen molar-refractivity contribution >= 4 is 11.4 Å². The summed E-state index contributed by atoms with van der Waals surface area (Å²) in [5.41, 5.74) is 6.40. The first-order chi connectivity index (χ1) is 7.95. The van der Waals surface area contributed by atoms with E-state index in [-0.39, 0.29) is 24.0 Å². The molecule has 17 heavy (non-hydrogen) atoms. The standard InChI is InChI=1S/C11H17N3O3/c1-8(7-15)13(2)6-9-3-4-10(12)11(5-9)14(16)17/h3-5,8,15H,6-7,12H2,1-2H3. The van der Waals surface area contributed by atoms with Crippen LogP contribution in [-0.2, 0) is 6.54 Å². The number of aliphatic hydroxyl groups excluding tert-OH is 1. The lowest BCUT2D eigenvalue weighted by Crippen LogP contribution is -2.31. The lowest BCUT2D eigenvalue weighted by atomic mass is 10.1. The highest BCUT2D eigenvalue weighted by atomic mass is 16.6. The van der Waals surface area contributed by atoms with Gasteiger partial charge in [0.2, 0.25) is 0 Å². The van der Waals surface area contributed by atoms with Gasteiger partial charge in [0.15, 0.2) is 0 Å². The Morgan fingerprint density at radius 1 is 1.59 bits per heavy atom. The van der Waals surface area contributed by atoms with Crippen LogP contribution in [0.4, 0.5) is 11.4 Å². The average molecular weight is 239 g/mol. The van der Waals surface area contributed by atoms with Gasteiger partial charge in [-0.3, -0.25) is 15.0 Å². The second-order valence-electron chi connectivity index (χ2n) is 4.10. The van der Waals surface area contributed by atoms with Crippen molar-refractivity contribution in [3.05, 3.63) is 33.9 Å². The van der Waals surface area contributed by atoms with Gasteiger partial charge in [-0.2, -0.15) is 0 Å². The zero-order valence-electron chi connectivity index (χ0n) is 9.96. The summed E-state index contributed by atoms with van der Waals surface area (Å²) in [6.45, 7) is 2.46. The van der Waals surface area contributed by atoms with E-state index in [0.29, 0.717) is 6.54 Å². The van der Waals surface area contributed by atoms with Crippen molar-refractivity contribution in [3.8, 4) is 0 Å². The Morgan fingerprint density at radius 3 is 2.76 bits per heavy atom. The van der Waals surface area contributed by atoms with Crippen molar-refractivity contribution in [1.29, 1.82) is 0 Å². The van der Waals surface area contributed by atoms with E-state index in [1.807, 2.05) is 18.9 Å². The molecule has 1 atom stereocenters. The molecule has 3 N–H and O–H groups in total. The molecular formula is C11H17N3O3. The maximum absolute atomic E-state index is 10.7. The van der Waals surface area contributed by atoms with Gasteiger partial charge in [-0.25, -0.2) is 0 Å². The minimum Gasteiger partial charge on any atom is -0.395 e. The van der Waals surface area contributed by atoms with Crippen molar-refractivity contribution in [1.82, 2.24) is 4.90 Å². The Morgan fingerprint density at radius 2 is 2.24 bits per heavy atom. The Balaban J connectivity index is 2.86. The minimum atomic E-state index is -0.492. The van der Waals surface area contributed by atoms with Gasteiger partial charge in [0.1, 0.15) is 5.69 Å². The normalized spacial score (nSPS) is 12.7. The molecule has 6 heteroatoms. The summed E-state index contributed by atoms with van der Waals surface area (Å²) in [5, 5.41) is 19.7. The number of nitro groups is 1. The minimum absolute atomic E-state index is 0.00612. The molecule has 1 rings (SSSR count). The Hall–Kier alpha value is -1.66. The van der Waals surface area contributed by atoms with Crippen LogP contribution in [0.5, 0.6) is 0 Å². The number of aliphatic hydroxyl groups is 1. The SMILES string of the molecule is CC(CO)N(C)Cc1ccc(N)c([N+](=O)[O-])c1. The van der Waals surface area contributed by atoms with E-state index in [4.69, 9.17) is 10.8 Å². The smallest absolute Gasteiger partial charge is 0.292 e. The number of nitrogen functional groups attached to an aromatic ring is 1. The third-order valence-corrected chi connectivity index (χ3v) is 2.74. The fourth-order valence-electron chi connectivity index (χ4n) is 1.43. The van der Waals surface area contributed by atoms with Crippen LogP contribution in [0.1, 0.15) is 12.5 Å². The number of anilines is 1. The van der Waals surface area contributed by atoms with Gasteiger partial charge >= 0.3 is 0 Å². The van der Waals surface area contributed by atoms with Gasteiger partial charge in [-0.15, -0.1) is 0 Å². The zero-order chi connectivity index (χ0) is 13.0. The number of nitro benzene ring substituents is 1. The molecule has 0 aliphatic carbocycles. The van der Waals surface area contributed by atoms with Crippen molar-refractivity contribution < 1.29 is 10.0 Å². The highest BCUT2D eigenvalue weighted by Gasteiger charge is 2.14. The number of nitrogens with two attached hydrogens (primary N) is 1. The van der Waals surface area contributed by atoms with E-state index < -0.39 is 4.92 Å². The van der Waals surface area contributed by atoms with Gasteiger partial charge in [0.05, 0.1) is 11.5 Å². The van der Waals surface area contributed by atoms with Crippen molar-refractivity contribution in [3.63, 3.8) is 0 Å². The van der Waals surface area contributed by atoms with Crippen LogP contribution >= 0.6 is 0 Å². The molecule has 0 fully saturated rings. The fraction of sp³-hybridized carbons (Fsp3) is 0.455. The first-order valence-corrected chi connectivity index (χ1v) is 5.29. The van der Waals surface area contributed by atoms with E-state index in [1.165, 1.54) is 12.1 Å². The molecule has 0 saturated heterocycles. The van der Waals surface area contributed by atoms with Gasteiger partial charge in [-0.1, -0.05) is 6.07 Å². The van der Waals surface area contributed by atoms with Crippen molar-refractivity contribution in [2.24, 2.45) is 0 Å². The maximum atomic E-state index is 10.7. The number of likely N-dealkylation sites (N-methyl/N-ethyl adjacent to an activating group) is 1. The van der Waals surface area contributed by atoms with Crippen LogP contribution in [-0.4, -0.2) is 34.6 Å². The van der Waals surface area contributed by atoms with Crippen LogP contribution in [0.15, 0.2) is 18.2 Å². The van der Waals surface area contributed by atoms with Crippen LogP contribution < -0.4 is 5.73 Å². The molecule has 0 amide bonds. The van der Waals surface area contributed by atoms with Crippen LogP contribution in [0.2, 0.25) is 0 Å². The number of hydrogen-bond acceptors (Lipinski definition) is 5. The Bertz CT molecular complexity index is 409. The summed E-state index contributed by atoms with van der Waals surface area (Å²) in [5.74, 6) is 0. The Kier molecular flexibility index (Phi) is 4.42. The Labute approximate surface area is 99.8 Å². The summed E-state index contributed by atoms with van der Waals surface area (Å²) in [7, 11) is 1.85. The van der Waals surface area contributed by atoms with E-state index in [0.717, 1.165) is 5.56 Å². The van der Waals surface area contributed by atoms with E-state index >= 15 is 0 Å². The molecule has 0 radical (unpaired) electrons. The fourth-order valence-corrected chi connectivity index (χ4v) is 1.43. The first kappa shape index (κ1) is 13.4. The lowest BCUT2D eigenvalue weighted by Gasteiger charge is -2.22. The molecule has 0 saturated carbocycles. The molecule has 0 spiro atoms. The number of hydrogen-bond donors (Lipinski definition) is 2. The molecule has 0 aliphatic heterocycles. The van der Waals surface area contributed by atoms with Gasteiger partial charge in [0, 0.05) is 18.7 Å². The second kappa shape index (κ2) is 5.60. The van der Waals surface area contributed by atoms with Gasteiger partial charge in [0.25, 0.3) is 5.69 Å². The molecule has 1 aromatic carbocycles. The predicted octanol–water partition coefficient (Wildman–Crippen LogP) is 0.990. The molecule has 1 unspecified atom stereocenters. The summed E-state index contributed by atoms with van der Waals surface area (Å²) < 4.78 is 0. The molecule has 0 bridgehead atoms. The van der Waals surface area contributed by atoms with E-state index in [9.17, 15) is 10.1 Å². The highest BCUT2D eigenvalue weighted by molar-refractivity contribution is 5.59. The average Bonchev–Trinajstić information content (AvgIpc) is 2.30. The molecule has 0 heterocycles. The third-order valence-electron chi connectivity index (χ3n) is 2.74. The highest BCUT2D eigenvalue weighted by Crippen LogP contribution is 2.23. The second-order valence-corrected chi connectivity index (χ2v) is 4.10. The molecular weight excluding hydrogens is 222 g/mol. The van der Waals surface area contributed by atoms with E-state index in [1.54, 1.807) is 6.07 Å². The van der Waals surface area contributed by atoms with Crippen molar-refractivity contribution in [2.75, 3.05) is 19.4 Å². The lowest BCUT2D eigenvalue weighted by molar-refractivity contribution is -0.384. The predicted molar refractivity (Wildman–Crippen MR) is 65.5 cm³/mol. The van der Waals surface area contributed by atoms with Crippen LogP contribution in [0, 0.1) is 10.1 Å². The molecule has 0 aromatic heterocycles. The molecule has 1 aromatic rings. The summed E-state index contributed by atoms with van der Waals surface area (Å²) >= 11 is 0. The summed E-state index contributed by atoms with van der Waals surface area (Å²) in [6.07, 6.45) is 0. The van der Waals surface area contributed by atoms with Crippen molar-refractivity contribution in [2.45, 2.75) is 19.5 Å².